The summed E-state index contributed by atoms with van der Waals surface area (Å²) in [6, 6.07) is 6.12. The summed E-state index contributed by atoms with van der Waals surface area (Å²) in [7, 11) is 0. The van der Waals surface area contributed by atoms with E-state index in [2.05, 4.69) is 26.1 Å². The topological polar surface area (TPSA) is 12.0 Å². The molecule has 17 heavy (non-hydrogen) atoms. The van der Waals surface area contributed by atoms with Crippen molar-refractivity contribution >= 4 is 23.2 Å². The van der Waals surface area contributed by atoms with Crippen molar-refractivity contribution in [2.45, 2.75) is 39.7 Å². The van der Waals surface area contributed by atoms with Crippen LogP contribution in [0.1, 0.15) is 45.2 Å². The van der Waals surface area contributed by atoms with Gasteiger partial charge in [0.05, 0.1) is 0 Å². The number of hydrogen-bond donors (Lipinski definition) is 1. The molecule has 0 radical (unpaired) electrons. The van der Waals surface area contributed by atoms with E-state index < -0.39 is 0 Å². The van der Waals surface area contributed by atoms with Crippen LogP contribution >= 0.6 is 23.2 Å². The van der Waals surface area contributed by atoms with Crippen LogP contribution in [0.5, 0.6) is 0 Å². The number of nitrogens with one attached hydrogen (secondary N) is 1. The molecule has 0 fully saturated rings. The summed E-state index contributed by atoms with van der Waals surface area (Å²) in [6.07, 6.45) is 2.26. The number of benzene rings is 1. The highest BCUT2D eigenvalue weighted by Gasteiger charge is 2.17. The van der Waals surface area contributed by atoms with Crippen molar-refractivity contribution in [1.29, 1.82) is 0 Å². The van der Waals surface area contributed by atoms with Gasteiger partial charge in [-0.3, -0.25) is 0 Å². The average Bonchev–Trinajstić information content (AvgIpc) is 2.28. The average molecular weight is 274 g/mol. The van der Waals surface area contributed by atoms with Crippen LogP contribution in [0.4, 0.5) is 0 Å². The quantitative estimate of drug-likeness (QED) is 0.762. The minimum absolute atomic E-state index is 0.330. The van der Waals surface area contributed by atoms with Gasteiger partial charge in [-0.2, -0.15) is 0 Å². The van der Waals surface area contributed by atoms with Gasteiger partial charge in [-0.25, -0.2) is 0 Å². The van der Waals surface area contributed by atoms with Gasteiger partial charge in [0, 0.05) is 16.1 Å². The molecule has 0 spiro atoms. The maximum absolute atomic E-state index is 6.06. The first-order valence-corrected chi connectivity index (χ1v) is 7.03. The third-order valence-corrected chi connectivity index (χ3v) is 3.51. The molecule has 0 saturated carbocycles. The van der Waals surface area contributed by atoms with E-state index >= 15 is 0 Å². The molecule has 96 valence electrons. The SMILES string of the molecule is CCCNC(c1cc(Cl)cc(Cl)c1)C(C)CC. The Hall–Kier alpha value is -0.240. The van der Waals surface area contributed by atoms with Crippen LogP contribution < -0.4 is 5.32 Å². The minimum atomic E-state index is 0.330. The Morgan fingerprint density at radius 2 is 1.71 bits per heavy atom. The molecule has 0 bridgehead atoms. The molecule has 0 aliphatic carbocycles. The standard InChI is InChI=1S/C14H21Cl2N/c1-4-6-17-14(10(3)5-2)11-7-12(15)9-13(16)8-11/h7-10,14,17H,4-6H2,1-3H3. The normalized spacial score (nSPS) is 14.6. The molecule has 1 N–H and O–H groups in total. The van der Waals surface area contributed by atoms with E-state index in [1.54, 1.807) is 6.07 Å². The van der Waals surface area contributed by atoms with Crippen LogP contribution in [-0.4, -0.2) is 6.54 Å². The van der Waals surface area contributed by atoms with Crippen molar-refractivity contribution < 1.29 is 0 Å². The Morgan fingerprint density at radius 3 is 2.18 bits per heavy atom. The van der Waals surface area contributed by atoms with Gasteiger partial charge in [0.1, 0.15) is 0 Å². The fraction of sp³-hybridized carbons (Fsp3) is 0.571. The molecule has 0 aliphatic rings. The van der Waals surface area contributed by atoms with Gasteiger partial charge in [0.15, 0.2) is 0 Å². The van der Waals surface area contributed by atoms with Crippen molar-refractivity contribution in [2.75, 3.05) is 6.54 Å². The molecule has 1 rings (SSSR count). The van der Waals surface area contributed by atoms with Crippen molar-refractivity contribution in [3.05, 3.63) is 33.8 Å². The van der Waals surface area contributed by atoms with Gasteiger partial charge in [-0.05, 0) is 42.6 Å². The monoisotopic (exact) mass is 273 g/mol. The number of rotatable bonds is 6. The second-order valence-corrected chi connectivity index (χ2v) is 5.39. The molecule has 1 aromatic carbocycles. The number of halogens is 2. The first-order chi connectivity index (χ1) is 8.08. The molecule has 1 nitrogen and oxygen atoms in total. The van der Waals surface area contributed by atoms with Gasteiger partial charge in [0.2, 0.25) is 0 Å². The third kappa shape index (κ3) is 4.50. The smallest absolute Gasteiger partial charge is 0.0424 e. The van der Waals surface area contributed by atoms with Crippen LogP contribution in [0.25, 0.3) is 0 Å². The Balaban J connectivity index is 2.94. The second kappa shape index (κ2) is 7.25. The van der Waals surface area contributed by atoms with E-state index in [4.69, 9.17) is 23.2 Å². The largest absolute Gasteiger partial charge is 0.310 e. The zero-order valence-electron chi connectivity index (χ0n) is 10.8. The van der Waals surface area contributed by atoms with Crippen LogP contribution in [0.15, 0.2) is 18.2 Å². The lowest BCUT2D eigenvalue weighted by atomic mass is 9.92. The lowest BCUT2D eigenvalue weighted by Crippen LogP contribution is -2.27. The van der Waals surface area contributed by atoms with Crippen molar-refractivity contribution in [1.82, 2.24) is 5.32 Å². The molecule has 0 aliphatic heterocycles. The van der Waals surface area contributed by atoms with E-state index in [1.807, 2.05) is 12.1 Å². The van der Waals surface area contributed by atoms with Crippen molar-refractivity contribution in [3.63, 3.8) is 0 Å². The summed E-state index contributed by atoms with van der Waals surface area (Å²) in [5.41, 5.74) is 1.19. The van der Waals surface area contributed by atoms with Gasteiger partial charge in [-0.15, -0.1) is 0 Å². The second-order valence-electron chi connectivity index (χ2n) is 4.52. The third-order valence-electron chi connectivity index (χ3n) is 3.07. The zero-order chi connectivity index (χ0) is 12.8. The summed E-state index contributed by atoms with van der Waals surface area (Å²) < 4.78 is 0. The Labute approximate surface area is 115 Å². The summed E-state index contributed by atoms with van der Waals surface area (Å²) in [6.45, 7) is 7.64. The lowest BCUT2D eigenvalue weighted by molar-refractivity contribution is 0.377. The highest BCUT2D eigenvalue weighted by atomic mass is 35.5. The molecule has 2 atom stereocenters. The summed E-state index contributed by atoms with van der Waals surface area (Å²) in [5.74, 6) is 0.566. The molecule has 0 heterocycles. The first-order valence-electron chi connectivity index (χ1n) is 6.27. The highest BCUT2D eigenvalue weighted by molar-refractivity contribution is 6.34. The minimum Gasteiger partial charge on any atom is -0.310 e. The fourth-order valence-corrected chi connectivity index (χ4v) is 2.48. The van der Waals surface area contributed by atoms with Crippen LogP contribution in [0, 0.1) is 5.92 Å². The fourth-order valence-electron chi connectivity index (χ4n) is 1.94. The molecule has 1 aromatic rings. The van der Waals surface area contributed by atoms with E-state index in [0.29, 0.717) is 22.0 Å². The summed E-state index contributed by atoms with van der Waals surface area (Å²) in [4.78, 5) is 0. The van der Waals surface area contributed by atoms with Gasteiger partial charge < -0.3 is 5.32 Å². The molecule has 2 unspecified atom stereocenters. The zero-order valence-corrected chi connectivity index (χ0v) is 12.3. The van der Waals surface area contributed by atoms with E-state index in [1.165, 1.54) is 5.56 Å². The maximum Gasteiger partial charge on any atom is 0.0424 e. The van der Waals surface area contributed by atoms with Crippen LogP contribution in [0.3, 0.4) is 0 Å². The summed E-state index contributed by atoms with van der Waals surface area (Å²) in [5, 5.41) is 4.99. The van der Waals surface area contributed by atoms with Crippen molar-refractivity contribution in [3.8, 4) is 0 Å². The molecule has 0 aromatic heterocycles. The van der Waals surface area contributed by atoms with Crippen LogP contribution in [0.2, 0.25) is 10.0 Å². The molecular formula is C14H21Cl2N. The lowest BCUT2D eigenvalue weighted by Gasteiger charge is -2.25. The molecule has 3 heteroatoms. The highest BCUT2D eigenvalue weighted by Crippen LogP contribution is 2.29. The Morgan fingerprint density at radius 1 is 1.12 bits per heavy atom. The Kier molecular flexibility index (Phi) is 6.32. The van der Waals surface area contributed by atoms with Crippen LogP contribution in [-0.2, 0) is 0 Å². The van der Waals surface area contributed by atoms with Gasteiger partial charge >= 0.3 is 0 Å². The molecule has 0 saturated heterocycles. The first kappa shape index (κ1) is 14.8. The number of hydrogen-bond acceptors (Lipinski definition) is 1. The van der Waals surface area contributed by atoms with E-state index in [0.717, 1.165) is 19.4 Å². The molecule has 0 amide bonds. The van der Waals surface area contributed by atoms with Gasteiger partial charge in [-0.1, -0.05) is 50.4 Å². The molecular weight excluding hydrogens is 253 g/mol. The van der Waals surface area contributed by atoms with Crippen molar-refractivity contribution in [2.24, 2.45) is 5.92 Å². The van der Waals surface area contributed by atoms with E-state index in [-0.39, 0.29) is 0 Å². The van der Waals surface area contributed by atoms with Gasteiger partial charge in [0.25, 0.3) is 0 Å². The summed E-state index contributed by atoms with van der Waals surface area (Å²) >= 11 is 12.1. The predicted molar refractivity (Wildman–Crippen MR) is 77.0 cm³/mol. The Bertz CT molecular complexity index is 332. The predicted octanol–water partition coefficient (Wildman–Crippen LogP) is 5.08. The van der Waals surface area contributed by atoms with E-state index in [9.17, 15) is 0 Å². The maximum atomic E-state index is 6.06.